The maximum absolute atomic E-state index is 15.1. The van der Waals surface area contributed by atoms with Crippen molar-refractivity contribution in [3.8, 4) is 39.5 Å². The van der Waals surface area contributed by atoms with Crippen LogP contribution in [0.1, 0.15) is 63.5 Å². The molecule has 4 aromatic rings. The number of pyridine rings is 2. The first-order valence-electron chi connectivity index (χ1n) is 12.7. The van der Waals surface area contributed by atoms with Crippen molar-refractivity contribution in [2.24, 2.45) is 0 Å². The zero-order chi connectivity index (χ0) is 25.3. The Bertz CT molecular complexity index is 1400. The molecule has 2 heterocycles. The molecule has 0 saturated carbocycles. The molecule has 2 aromatic carbocycles. The van der Waals surface area contributed by atoms with Crippen LogP contribution in [0.5, 0.6) is 5.75 Å². The molecule has 3 nitrogen and oxygen atoms in total. The molecule has 0 atom stereocenters. The van der Waals surface area contributed by atoms with Crippen molar-refractivity contribution in [2.75, 3.05) is 0 Å². The number of nitrogens with zero attached hydrogens (tertiary/aromatic N) is 2. The van der Waals surface area contributed by atoms with Crippen LogP contribution in [0, 0.1) is 17.7 Å². The molecular formula is C31H29F2N2OPt-. The zero-order valence-electron chi connectivity index (χ0n) is 20.9. The molecular weight excluding hydrogens is 649 g/mol. The van der Waals surface area contributed by atoms with Crippen molar-refractivity contribution in [1.29, 1.82) is 0 Å². The van der Waals surface area contributed by atoms with Crippen LogP contribution in [-0.2, 0) is 26.5 Å². The molecule has 1 aliphatic rings. The zero-order valence-corrected chi connectivity index (χ0v) is 23.2. The molecule has 2 aromatic heterocycles. The Hall–Kier alpha value is -2.91. The van der Waals surface area contributed by atoms with Crippen molar-refractivity contribution < 1.29 is 35.0 Å². The fraction of sp³-hybridized carbons (Fsp3) is 0.290. The standard InChI is InChI=1S/C31H29F2N2O.Pt/c1-3-5-15-31(16-6-4-2)22-10-9-12-28(36)29(22)30-23(31)13-14-27(35-30)21-18-20(24(32)19-25(21)33)26-11-7-8-17-34-26;/h7-14,17,19,36H,3-6,15-16H2,1-2H3;/q-1;. The van der Waals surface area contributed by atoms with Crippen LogP contribution in [0.3, 0.4) is 0 Å². The summed E-state index contributed by atoms with van der Waals surface area (Å²) in [5, 5.41) is 10.9. The van der Waals surface area contributed by atoms with E-state index in [1.807, 2.05) is 12.1 Å². The van der Waals surface area contributed by atoms with E-state index in [-0.39, 0.29) is 43.4 Å². The van der Waals surface area contributed by atoms with Crippen LogP contribution in [0.25, 0.3) is 33.8 Å². The van der Waals surface area contributed by atoms with E-state index in [2.05, 4.69) is 31.0 Å². The molecule has 0 saturated heterocycles. The van der Waals surface area contributed by atoms with E-state index in [9.17, 15) is 9.50 Å². The molecule has 0 fully saturated rings. The molecule has 0 spiro atoms. The second-order valence-electron chi connectivity index (χ2n) is 9.51. The van der Waals surface area contributed by atoms with Crippen LogP contribution in [0.2, 0.25) is 0 Å². The predicted molar refractivity (Wildman–Crippen MR) is 139 cm³/mol. The summed E-state index contributed by atoms with van der Waals surface area (Å²) in [5.41, 5.74) is 4.19. The van der Waals surface area contributed by atoms with E-state index in [4.69, 9.17) is 4.98 Å². The first-order valence-corrected chi connectivity index (χ1v) is 12.7. The van der Waals surface area contributed by atoms with Crippen LogP contribution < -0.4 is 0 Å². The number of hydrogen-bond donors (Lipinski definition) is 1. The first-order chi connectivity index (χ1) is 17.5. The average molecular weight is 679 g/mol. The monoisotopic (exact) mass is 678 g/mol. The summed E-state index contributed by atoms with van der Waals surface area (Å²) in [7, 11) is 0. The predicted octanol–water partition coefficient (Wildman–Crippen LogP) is 8.24. The summed E-state index contributed by atoms with van der Waals surface area (Å²) < 4.78 is 29.7. The minimum absolute atomic E-state index is 0. The largest absolute Gasteiger partial charge is 0.507 e. The summed E-state index contributed by atoms with van der Waals surface area (Å²) in [6, 6.07) is 18.4. The van der Waals surface area contributed by atoms with Gasteiger partial charge in [0.15, 0.2) is 0 Å². The second-order valence-corrected chi connectivity index (χ2v) is 9.51. The van der Waals surface area contributed by atoms with Gasteiger partial charge in [0.2, 0.25) is 0 Å². The first kappa shape index (κ1) is 27.1. The molecule has 1 N–H and O–H groups in total. The third kappa shape index (κ3) is 4.75. The van der Waals surface area contributed by atoms with Gasteiger partial charge in [-0.25, -0.2) is 0 Å². The quantitative estimate of drug-likeness (QED) is 0.191. The van der Waals surface area contributed by atoms with Gasteiger partial charge in [0.1, 0.15) is 5.75 Å². The molecule has 0 amide bonds. The second kappa shape index (κ2) is 11.2. The number of halogens is 2. The van der Waals surface area contributed by atoms with Gasteiger partial charge in [-0.15, -0.1) is 6.07 Å². The van der Waals surface area contributed by atoms with Crippen molar-refractivity contribution in [3.63, 3.8) is 0 Å². The number of hydrogen-bond acceptors (Lipinski definition) is 3. The van der Waals surface area contributed by atoms with E-state index in [0.717, 1.165) is 55.7 Å². The topological polar surface area (TPSA) is 46.0 Å². The molecule has 0 unspecified atom stereocenters. The number of aromatic hydroxyl groups is 1. The number of rotatable bonds is 8. The van der Waals surface area contributed by atoms with Crippen LogP contribution in [-0.4, -0.2) is 15.1 Å². The van der Waals surface area contributed by atoms with Gasteiger partial charge >= 0.3 is 0 Å². The maximum Gasteiger partial charge on any atom is 0.125 e. The molecule has 5 rings (SSSR count). The molecule has 1 aliphatic carbocycles. The summed E-state index contributed by atoms with van der Waals surface area (Å²) in [6.07, 6.45) is 7.69. The Morgan fingerprint density at radius 3 is 2.19 bits per heavy atom. The minimum Gasteiger partial charge on any atom is -0.507 e. The fourth-order valence-electron chi connectivity index (χ4n) is 5.51. The van der Waals surface area contributed by atoms with Crippen LogP contribution in [0.4, 0.5) is 8.78 Å². The van der Waals surface area contributed by atoms with E-state index < -0.39 is 11.6 Å². The third-order valence-electron chi connectivity index (χ3n) is 7.28. The van der Waals surface area contributed by atoms with Gasteiger partial charge in [-0.05, 0) is 36.1 Å². The fourth-order valence-corrected chi connectivity index (χ4v) is 5.51. The Morgan fingerprint density at radius 1 is 0.838 bits per heavy atom. The number of phenolic OH excluding ortho intramolecular Hbond substituents is 1. The Balaban J connectivity index is 0.00000320. The molecule has 194 valence electrons. The number of aromatic nitrogens is 2. The maximum atomic E-state index is 15.1. The van der Waals surface area contributed by atoms with E-state index in [1.165, 1.54) is 0 Å². The number of fused-ring (bicyclic) bond motifs is 3. The Morgan fingerprint density at radius 2 is 1.54 bits per heavy atom. The number of phenols is 1. The molecule has 0 aliphatic heterocycles. The van der Waals surface area contributed by atoms with Gasteiger partial charge in [-0.1, -0.05) is 93.1 Å². The normalized spacial score (nSPS) is 13.1. The molecule has 0 radical (unpaired) electrons. The minimum atomic E-state index is -0.738. The van der Waals surface area contributed by atoms with E-state index >= 15 is 4.39 Å². The van der Waals surface area contributed by atoms with Gasteiger partial charge in [-0.2, -0.15) is 0 Å². The summed E-state index contributed by atoms with van der Waals surface area (Å²) >= 11 is 0. The van der Waals surface area contributed by atoms with E-state index in [1.54, 1.807) is 36.5 Å². The van der Waals surface area contributed by atoms with Crippen molar-refractivity contribution in [2.45, 2.75) is 57.8 Å². The van der Waals surface area contributed by atoms with E-state index in [0.29, 0.717) is 22.6 Å². The summed E-state index contributed by atoms with van der Waals surface area (Å²) in [4.78, 5) is 9.09. The van der Waals surface area contributed by atoms with Gasteiger partial charge in [0.05, 0.1) is 17.3 Å². The van der Waals surface area contributed by atoms with Gasteiger partial charge < -0.3 is 5.11 Å². The van der Waals surface area contributed by atoms with Crippen molar-refractivity contribution in [1.82, 2.24) is 9.97 Å². The summed E-state index contributed by atoms with van der Waals surface area (Å²) in [6.45, 7) is 4.36. The van der Waals surface area contributed by atoms with Crippen molar-refractivity contribution >= 4 is 0 Å². The van der Waals surface area contributed by atoms with Gasteiger partial charge in [0, 0.05) is 49.6 Å². The summed E-state index contributed by atoms with van der Waals surface area (Å²) in [5.74, 6) is -1.29. The smallest absolute Gasteiger partial charge is 0.125 e. The SMILES string of the molecule is CCCCC1(CCCC)c2ccc(-c3[c-]c(-c4ccccn4)c(F)cc3F)nc2-c2c(O)cccc21.[Pt]. The third-order valence-corrected chi connectivity index (χ3v) is 7.28. The average Bonchev–Trinajstić information content (AvgIpc) is 3.17. The van der Waals surface area contributed by atoms with Gasteiger partial charge in [0.25, 0.3) is 0 Å². The number of benzene rings is 2. The number of unbranched alkanes of at least 4 members (excludes halogenated alkanes) is 2. The van der Waals surface area contributed by atoms with Crippen LogP contribution in [0.15, 0.2) is 60.8 Å². The molecule has 6 heteroatoms. The van der Waals surface area contributed by atoms with Crippen molar-refractivity contribution in [3.05, 3.63) is 89.6 Å². The Kier molecular flexibility index (Phi) is 8.23. The Labute approximate surface area is 231 Å². The van der Waals surface area contributed by atoms with Crippen LogP contribution >= 0.6 is 0 Å². The van der Waals surface area contributed by atoms with Gasteiger partial charge in [-0.3, -0.25) is 18.7 Å². The molecule has 0 bridgehead atoms. The molecule has 37 heavy (non-hydrogen) atoms.